The standard InChI is InChI=1S/C12H11Cl2N3O2/c1-18-9-4-8(10(19-2)3-7(9)13)17-12-5-11(14)15-6-16-12/h3-6H,1-2H3,(H,15,16,17). The Morgan fingerprint density at radius 1 is 1.00 bits per heavy atom. The maximum atomic E-state index is 6.03. The van der Waals surface area contributed by atoms with E-state index in [0.29, 0.717) is 33.2 Å². The van der Waals surface area contributed by atoms with Crippen LogP contribution in [0.5, 0.6) is 11.5 Å². The van der Waals surface area contributed by atoms with Crippen LogP contribution in [0.4, 0.5) is 11.5 Å². The van der Waals surface area contributed by atoms with Crippen molar-refractivity contribution >= 4 is 34.7 Å². The molecule has 0 aliphatic carbocycles. The Morgan fingerprint density at radius 3 is 2.37 bits per heavy atom. The molecule has 0 aliphatic heterocycles. The van der Waals surface area contributed by atoms with Crippen molar-refractivity contribution in [2.45, 2.75) is 0 Å². The van der Waals surface area contributed by atoms with E-state index in [0.717, 1.165) is 0 Å². The molecule has 1 heterocycles. The van der Waals surface area contributed by atoms with Gasteiger partial charge in [0.2, 0.25) is 0 Å². The Labute approximate surface area is 120 Å². The van der Waals surface area contributed by atoms with E-state index in [1.165, 1.54) is 6.33 Å². The van der Waals surface area contributed by atoms with Gasteiger partial charge in [0, 0.05) is 18.2 Å². The minimum Gasteiger partial charge on any atom is -0.495 e. The molecule has 100 valence electrons. The first kappa shape index (κ1) is 13.7. The first-order chi connectivity index (χ1) is 9.13. The lowest BCUT2D eigenvalue weighted by Gasteiger charge is -2.13. The predicted octanol–water partition coefficient (Wildman–Crippen LogP) is 3.54. The molecule has 0 spiro atoms. The van der Waals surface area contributed by atoms with Crippen molar-refractivity contribution in [3.05, 3.63) is 34.7 Å². The molecule has 0 bridgehead atoms. The summed E-state index contributed by atoms with van der Waals surface area (Å²) in [4.78, 5) is 7.86. The molecule has 0 radical (unpaired) electrons. The normalized spacial score (nSPS) is 10.1. The van der Waals surface area contributed by atoms with Crippen molar-refractivity contribution in [1.29, 1.82) is 0 Å². The Kier molecular flexibility index (Phi) is 4.29. The number of nitrogens with one attached hydrogen (secondary N) is 1. The summed E-state index contributed by atoms with van der Waals surface area (Å²) in [5.74, 6) is 1.65. The van der Waals surface area contributed by atoms with Gasteiger partial charge in [-0.05, 0) is 0 Å². The fourth-order valence-electron chi connectivity index (χ4n) is 1.50. The highest BCUT2D eigenvalue weighted by molar-refractivity contribution is 6.32. The van der Waals surface area contributed by atoms with Crippen molar-refractivity contribution in [3.63, 3.8) is 0 Å². The molecule has 0 atom stereocenters. The van der Waals surface area contributed by atoms with E-state index in [4.69, 9.17) is 32.7 Å². The fraction of sp³-hybridized carbons (Fsp3) is 0.167. The minimum absolute atomic E-state index is 0.345. The number of methoxy groups -OCH3 is 2. The number of anilines is 2. The molecule has 0 amide bonds. The molecule has 0 saturated heterocycles. The van der Waals surface area contributed by atoms with Gasteiger partial charge in [-0.3, -0.25) is 0 Å². The second-order valence-electron chi connectivity index (χ2n) is 3.54. The highest BCUT2D eigenvalue weighted by Crippen LogP contribution is 2.37. The molecular weight excluding hydrogens is 289 g/mol. The Hall–Kier alpha value is -1.72. The molecule has 1 N–H and O–H groups in total. The summed E-state index contributed by atoms with van der Waals surface area (Å²) in [6.07, 6.45) is 1.37. The van der Waals surface area contributed by atoms with E-state index in [1.54, 1.807) is 32.4 Å². The smallest absolute Gasteiger partial charge is 0.144 e. The van der Waals surface area contributed by atoms with E-state index < -0.39 is 0 Å². The average molecular weight is 300 g/mol. The van der Waals surface area contributed by atoms with E-state index in [1.807, 2.05) is 0 Å². The number of halogens is 2. The third-order valence-corrected chi connectivity index (χ3v) is 2.87. The van der Waals surface area contributed by atoms with Crippen LogP contribution in [0, 0.1) is 0 Å². The van der Waals surface area contributed by atoms with Crippen LogP contribution >= 0.6 is 23.2 Å². The molecule has 0 aliphatic rings. The topological polar surface area (TPSA) is 56.3 Å². The number of rotatable bonds is 4. The van der Waals surface area contributed by atoms with Gasteiger partial charge in [-0.25, -0.2) is 9.97 Å². The zero-order valence-corrected chi connectivity index (χ0v) is 11.8. The zero-order valence-electron chi connectivity index (χ0n) is 10.3. The summed E-state index contributed by atoms with van der Waals surface area (Å²) in [6, 6.07) is 4.98. The Morgan fingerprint density at radius 2 is 1.74 bits per heavy atom. The molecule has 0 fully saturated rings. The quantitative estimate of drug-likeness (QED) is 0.875. The van der Waals surface area contributed by atoms with Crippen LogP contribution in [0.2, 0.25) is 10.2 Å². The lowest BCUT2D eigenvalue weighted by molar-refractivity contribution is 0.405. The molecule has 5 nitrogen and oxygen atoms in total. The first-order valence-electron chi connectivity index (χ1n) is 5.30. The van der Waals surface area contributed by atoms with E-state index in [-0.39, 0.29) is 0 Å². The Balaban J connectivity index is 2.38. The number of hydrogen-bond acceptors (Lipinski definition) is 5. The summed E-state index contributed by atoms with van der Waals surface area (Å²) in [7, 11) is 3.09. The summed E-state index contributed by atoms with van der Waals surface area (Å²) in [6.45, 7) is 0. The summed E-state index contributed by atoms with van der Waals surface area (Å²) < 4.78 is 10.4. The van der Waals surface area contributed by atoms with Crippen LogP contribution in [0.15, 0.2) is 24.5 Å². The maximum Gasteiger partial charge on any atom is 0.144 e. The van der Waals surface area contributed by atoms with Gasteiger partial charge in [0.25, 0.3) is 0 Å². The zero-order chi connectivity index (χ0) is 13.8. The van der Waals surface area contributed by atoms with Gasteiger partial charge in [-0.15, -0.1) is 0 Å². The van der Waals surface area contributed by atoms with Gasteiger partial charge in [-0.1, -0.05) is 23.2 Å². The van der Waals surface area contributed by atoms with Crippen LogP contribution in [-0.2, 0) is 0 Å². The lowest BCUT2D eigenvalue weighted by Crippen LogP contribution is -1.98. The maximum absolute atomic E-state index is 6.03. The third kappa shape index (κ3) is 3.19. The summed E-state index contributed by atoms with van der Waals surface area (Å²) in [5.41, 5.74) is 0.665. The second kappa shape index (κ2) is 5.95. The number of ether oxygens (including phenoxy) is 2. The monoisotopic (exact) mass is 299 g/mol. The molecule has 19 heavy (non-hydrogen) atoms. The van der Waals surface area contributed by atoms with Crippen molar-refractivity contribution in [1.82, 2.24) is 9.97 Å². The van der Waals surface area contributed by atoms with Gasteiger partial charge in [-0.2, -0.15) is 0 Å². The molecule has 2 aromatic rings. The van der Waals surface area contributed by atoms with Gasteiger partial charge in [0.05, 0.1) is 24.9 Å². The molecule has 2 rings (SSSR count). The number of aromatic nitrogens is 2. The predicted molar refractivity (Wildman–Crippen MR) is 74.9 cm³/mol. The van der Waals surface area contributed by atoms with Gasteiger partial charge in [0.1, 0.15) is 28.8 Å². The molecule has 1 aromatic heterocycles. The molecule has 0 saturated carbocycles. The van der Waals surface area contributed by atoms with Crippen LogP contribution in [-0.4, -0.2) is 24.2 Å². The van der Waals surface area contributed by atoms with Crippen LogP contribution in [0.1, 0.15) is 0 Å². The van der Waals surface area contributed by atoms with E-state index in [2.05, 4.69) is 15.3 Å². The van der Waals surface area contributed by atoms with Crippen LogP contribution in [0.3, 0.4) is 0 Å². The van der Waals surface area contributed by atoms with Gasteiger partial charge in [0.15, 0.2) is 0 Å². The highest BCUT2D eigenvalue weighted by atomic mass is 35.5. The average Bonchev–Trinajstić information content (AvgIpc) is 2.40. The van der Waals surface area contributed by atoms with Crippen LogP contribution in [0.25, 0.3) is 0 Å². The van der Waals surface area contributed by atoms with Crippen molar-refractivity contribution in [2.75, 3.05) is 19.5 Å². The largest absolute Gasteiger partial charge is 0.495 e. The van der Waals surface area contributed by atoms with E-state index in [9.17, 15) is 0 Å². The molecule has 7 heteroatoms. The summed E-state index contributed by atoms with van der Waals surface area (Å²) >= 11 is 11.8. The third-order valence-electron chi connectivity index (χ3n) is 2.37. The summed E-state index contributed by atoms with van der Waals surface area (Å²) in [5, 5.41) is 3.88. The number of hydrogen-bond donors (Lipinski definition) is 1. The number of nitrogens with zero attached hydrogens (tertiary/aromatic N) is 2. The van der Waals surface area contributed by atoms with E-state index >= 15 is 0 Å². The highest BCUT2D eigenvalue weighted by Gasteiger charge is 2.10. The minimum atomic E-state index is 0.345. The van der Waals surface area contributed by atoms with Gasteiger partial charge >= 0.3 is 0 Å². The van der Waals surface area contributed by atoms with Gasteiger partial charge < -0.3 is 14.8 Å². The SMILES string of the molecule is COc1cc(Nc2cc(Cl)ncn2)c(OC)cc1Cl. The first-order valence-corrected chi connectivity index (χ1v) is 6.05. The number of benzene rings is 1. The fourth-order valence-corrected chi connectivity index (χ4v) is 1.88. The van der Waals surface area contributed by atoms with Crippen molar-refractivity contribution < 1.29 is 9.47 Å². The van der Waals surface area contributed by atoms with Crippen molar-refractivity contribution in [2.24, 2.45) is 0 Å². The van der Waals surface area contributed by atoms with Crippen LogP contribution < -0.4 is 14.8 Å². The second-order valence-corrected chi connectivity index (χ2v) is 4.33. The van der Waals surface area contributed by atoms with Crippen molar-refractivity contribution in [3.8, 4) is 11.5 Å². The Bertz CT molecular complexity index is 593. The molecule has 0 unspecified atom stereocenters. The lowest BCUT2D eigenvalue weighted by atomic mass is 10.2. The molecular formula is C12H11Cl2N3O2. The molecule has 1 aromatic carbocycles.